The maximum Gasteiger partial charge on any atom is 0.00255 e. The third kappa shape index (κ3) is 3.18. The van der Waals surface area contributed by atoms with Crippen molar-refractivity contribution < 1.29 is 0 Å². The van der Waals surface area contributed by atoms with E-state index in [1.807, 2.05) is 0 Å². The van der Waals surface area contributed by atoms with Crippen molar-refractivity contribution in [1.29, 1.82) is 0 Å². The minimum Gasteiger partial charge on any atom is -0.316 e. The molecule has 1 aromatic carbocycles. The molecule has 1 heteroatoms. The summed E-state index contributed by atoms with van der Waals surface area (Å²) in [6, 6.07) is 9.28. The highest BCUT2D eigenvalue weighted by atomic mass is 14.9. The van der Waals surface area contributed by atoms with E-state index in [9.17, 15) is 0 Å². The first-order chi connectivity index (χ1) is 10.2. The van der Waals surface area contributed by atoms with E-state index in [4.69, 9.17) is 0 Å². The summed E-state index contributed by atoms with van der Waals surface area (Å²) in [6.07, 6.45) is 10.0. The van der Waals surface area contributed by atoms with E-state index in [1.165, 1.54) is 63.6 Å². The Morgan fingerprint density at radius 3 is 2.90 bits per heavy atom. The first-order valence-corrected chi connectivity index (χ1v) is 9.01. The maximum absolute atomic E-state index is 3.67. The largest absolute Gasteiger partial charge is 0.316 e. The molecular weight excluding hydrogens is 254 g/mol. The fourth-order valence-electron chi connectivity index (χ4n) is 4.84. The molecule has 1 spiro atoms. The van der Waals surface area contributed by atoms with E-state index in [2.05, 4.69) is 43.4 Å². The van der Waals surface area contributed by atoms with Crippen molar-refractivity contribution in [1.82, 2.24) is 5.32 Å². The van der Waals surface area contributed by atoms with Crippen molar-refractivity contribution in [3.05, 3.63) is 35.4 Å². The third-order valence-corrected chi connectivity index (χ3v) is 6.25. The van der Waals surface area contributed by atoms with Gasteiger partial charge in [-0.05, 0) is 56.0 Å². The van der Waals surface area contributed by atoms with Gasteiger partial charge in [0.15, 0.2) is 0 Å². The van der Waals surface area contributed by atoms with Gasteiger partial charge in [-0.3, -0.25) is 0 Å². The Morgan fingerprint density at radius 1 is 1.19 bits per heavy atom. The van der Waals surface area contributed by atoms with Gasteiger partial charge in [-0.15, -0.1) is 0 Å². The van der Waals surface area contributed by atoms with Gasteiger partial charge in [-0.2, -0.15) is 0 Å². The van der Waals surface area contributed by atoms with Crippen LogP contribution in [-0.2, 0) is 0 Å². The summed E-state index contributed by atoms with van der Waals surface area (Å²) in [5.41, 5.74) is 3.56. The normalized spacial score (nSPS) is 33.8. The zero-order valence-electron chi connectivity index (χ0n) is 13.8. The lowest BCUT2D eigenvalue weighted by molar-refractivity contribution is 0.134. The van der Waals surface area contributed by atoms with Crippen LogP contribution < -0.4 is 5.32 Å². The van der Waals surface area contributed by atoms with Gasteiger partial charge in [0.2, 0.25) is 0 Å². The highest BCUT2D eigenvalue weighted by Crippen LogP contribution is 2.51. The van der Waals surface area contributed by atoms with Crippen molar-refractivity contribution in [2.24, 2.45) is 11.3 Å². The summed E-state index contributed by atoms with van der Waals surface area (Å²) in [5, 5.41) is 3.67. The lowest BCUT2D eigenvalue weighted by atomic mass is 9.63. The zero-order chi connectivity index (χ0) is 14.7. The second-order valence-corrected chi connectivity index (χ2v) is 7.49. The van der Waals surface area contributed by atoms with Crippen molar-refractivity contribution in [3.8, 4) is 0 Å². The fourth-order valence-corrected chi connectivity index (χ4v) is 4.84. The van der Waals surface area contributed by atoms with Crippen LogP contribution in [0.2, 0.25) is 0 Å². The van der Waals surface area contributed by atoms with Crippen LogP contribution in [0.1, 0.15) is 68.9 Å². The van der Waals surface area contributed by atoms with E-state index in [0.717, 1.165) is 11.8 Å². The Hall–Kier alpha value is -0.820. The molecule has 3 atom stereocenters. The number of nitrogens with one attached hydrogen (secondary N) is 1. The SMILES string of the molecule is CCC1CCCC2(CCNCC2c2cccc(C)c2)CC1. The summed E-state index contributed by atoms with van der Waals surface area (Å²) < 4.78 is 0. The molecule has 116 valence electrons. The molecule has 2 fully saturated rings. The summed E-state index contributed by atoms with van der Waals surface area (Å²) in [5.74, 6) is 1.71. The molecule has 2 aliphatic rings. The monoisotopic (exact) mass is 285 g/mol. The maximum atomic E-state index is 3.67. The number of hydrogen-bond acceptors (Lipinski definition) is 1. The number of hydrogen-bond donors (Lipinski definition) is 1. The Labute approximate surface area is 130 Å². The molecule has 1 saturated carbocycles. The molecule has 3 rings (SSSR count). The summed E-state index contributed by atoms with van der Waals surface area (Å²) in [6.45, 7) is 7.01. The van der Waals surface area contributed by atoms with Crippen molar-refractivity contribution in [2.45, 2.75) is 64.7 Å². The number of piperidine rings is 1. The Bertz CT molecular complexity index is 467. The average molecular weight is 285 g/mol. The van der Waals surface area contributed by atoms with Crippen LogP contribution in [0, 0.1) is 18.3 Å². The van der Waals surface area contributed by atoms with Crippen LogP contribution in [0.5, 0.6) is 0 Å². The Kier molecular flexibility index (Phi) is 4.69. The van der Waals surface area contributed by atoms with Gasteiger partial charge in [-0.25, -0.2) is 0 Å². The summed E-state index contributed by atoms with van der Waals surface area (Å²) in [7, 11) is 0. The van der Waals surface area contributed by atoms with Crippen LogP contribution in [0.4, 0.5) is 0 Å². The van der Waals surface area contributed by atoms with Gasteiger partial charge in [0.05, 0.1) is 0 Å². The molecule has 1 aliphatic carbocycles. The lowest BCUT2D eigenvalue weighted by Gasteiger charge is -2.45. The van der Waals surface area contributed by atoms with Crippen molar-refractivity contribution in [3.63, 3.8) is 0 Å². The van der Waals surface area contributed by atoms with Crippen LogP contribution >= 0.6 is 0 Å². The average Bonchev–Trinajstić information content (AvgIpc) is 2.71. The van der Waals surface area contributed by atoms with Gasteiger partial charge in [0, 0.05) is 12.5 Å². The van der Waals surface area contributed by atoms with Crippen molar-refractivity contribution >= 4 is 0 Å². The highest BCUT2D eigenvalue weighted by molar-refractivity contribution is 5.28. The molecule has 0 radical (unpaired) electrons. The number of benzene rings is 1. The predicted octanol–water partition coefficient (Wildman–Crippen LogP) is 5.05. The van der Waals surface area contributed by atoms with Crippen LogP contribution in [-0.4, -0.2) is 13.1 Å². The fraction of sp³-hybridized carbons (Fsp3) is 0.700. The van der Waals surface area contributed by atoms with E-state index >= 15 is 0 Å². The molecule has 1 nitrogen and oxygen atoms in total. The highest BCUT2D eigenvalue weighted by Gasteiger charge is 2.42. The second-order valence-electron chi connectivity index (χ2n) is 7.49. The van der Waals surface area contributed by atoms with Crippen LogP contribution in [0.3, 0.4) is 0 Å². The predicted molar refractivity (Wildman–Crippen MR) is 90.7 cm³/mol. The number of aryl methyl sites for hydroxylation is 1. The Balaban J connectivity index is 1.86. The molecular formula is C20H31N. The van der Waals surface area contributed by atoms with Crippen LogP contribution in [0.15, 0.2) is 24.3 Å². The summed E-state index contributed by atoms with van der Waals surface area (Å²) in [4.78, 5) is 0. The number of rotatable bonds is 2. The van der Waals surface area contributed by atoms with Gasteiger partial charge < -0.3 is 5.32 Å². The van der Waals surface area contributed by atoms with Gasteiger partial charge in [0.1, 0.15) is 0 Å². The Morgan fingerprint density at radius 2 is 2.10 bits per heavy atom. The van der Waals surface area contributed by atoms with Crippen LogP contribution in [0.25, 0.3) is 0 Å². The summed E-state index contributed by atoms with van der Waals surface area (Å²) >= 11 is 0. The second kappa shape index (κ2) is 6.52. The van der Waals surface area contributed by atoms with Gasteiger partial charge >= 0.3 is 0 Å². The molecule has 0 bridgehead atoms. The molecule has 0 amide bonds. The molecule has 1 saturated heterocycles. The first kappa shape index (κ1) is 15.1. The molecule has 1 aromatic rings. The van der Waals surface area contributed by atoms with Gasteiger partial charge in [-0.1, -0.05) is 56.0 Å². The van der Waals surface area contributed by atoms with E-state index in [1.54, 1.807) is 5.56 Å². The molecule has 1 N–H and O–H groups in total. The smallest absolute Gasteiger partial charge is 0.00255 e. The third-order valence-electron chi connectivity index (χ3n) is 6.25. The zero-order valence-corrected chi connectivity index (χ0v) is 13.8. The molecule has 0 aromatic heterocycles. The lowest BCUT2D eigenvalue weighted by Crippen LogP contribution is -2.43. The standard InChI is InChI=1S/C20H31N/c1-3-17-7-5-10-20(11-9-17)12-13-21-15-19(20)18-8-4-6-16(2)14-18/h4,6,8,14,17,19,21H,3,5,7,9-13,15H2,1-2H3. The topological polar surface area (TPSA) is 12.0 Å². The van der Waals surface area contributed by atoms with E-state index in [-0.39, 0.29) is 0 Å². The molecule has 3 unspecified atom stereocenters. The quantitative estimate of drug-likeness (QED) is 0.802. The molecule has 1 aliphatic heterocycles. The first-order valence-electron chi connectivity index (χ1n) is 9.01. The minimum atomic E-state index is 0.572. The minimum absolute atomic E-state index is 0.572. The van der Waals surface area contributed by atoms with Gasteiger partial charge in [0.25, 0.3) is 0 Å². The van der Waals surface area contributed by atoms with E-state index in [0.29, 0.717) is 5.41 Å². The van der Waals surface area contributed by atoms with E-state index < -0.39 is 0 Å². The molecule has 1 heterocycles. The molecule has 21 heavy (non-hydrogen) atoms. The van der Waals surface area contributed by atoms with Crippen molar-refractivity contribution in [2.75, 3.05) is 13.1 Å².